The topological polar surface area (TPSA) is 74.2 Å². The number of aromatic nitrogens is 2. The first-order valence-electron chi connectivity index (χ1n) is 6.53. The molecule has 2 aromatic rings. The summed E-state index contributed by atoms with van der Waals surface area (Å²) in [5.41, 5.74) is 6.88. The normalized spacial score (nSPS) is 16.3. The molecule has 1 unspecified atom stereocenters. The van der Waals surface area contributed by atoms with E-state index in [0.29, 0.717) is 18.3 Å². The molecule has 1 aliphatic rings. The van der Waals surface area contributed by atoms with Crippen molar-refractivity contribution in [2.75, 3.05) is 0 Å². The number of ether oxygens (including phenoxy) is 1. The minimum atomic E-state index is 0.0346. The van der Waals surface area contributed by atoms with Gasteiger partial charge in [-0.2, -0.15) is 4.98 Å². The van der Waals surface area contributed by atoms with Crippen LogP contribution in [-0.4, -0.2) is 10.1 Å². The standard InChI is InChI=1S/C14H17N3O2/c1-9(15)10-4-6-12(7-5-10)18-8-13-16-14(19-17-13)11-2-3-11/h4-7,9,11H,2-3,8,15H2,1H3. The maximum atomic E-state index is 5.79. The molecular weight excluding hydrogens is 242 g/mol. The molecule has 0 radical (unpaired) electrons. The van der Waals surface area contributed by atoms with Crippen LogP contribution >= 0.6 is 0 Å². The first-order valence-corrected chi connectivity index (χ1v) is 6.53. The van der Waals surface area contributed by atoms with Crippen LogP contribution in [0.2, 0.25) is 0 Å². The Morgan fingerprint density at radius 1 is 1.37 bits per heavy atom. The highest BCUT2D eigenvalue weighted by Crippen LogP contribution is 2.38. The quantitative estimate of drug-likeness (QED) is 0.893. The third-order valence-electron chi connectivity index (χ3n) is 3.18. The molecule has 19 heavy (non-hydrogen) atoms. The molecule has 5 heteroatoms. The van der Waals surface area contributed by atoms with Gasteiger partial charge in [0, 0.05) is 12.0 Å². The van der Waals surface area contributed by atoms with Gasteiger partial charge in [-0.1, -0.05) is 17.3 Å². The van der Waals surface area contributed by atoms with E-state index in [1.807, 2.05) is 31.2 Å². The fourth-order valence-corrected chi connectivity index (χ4v) is 1.84. The predicted molar refractivity (Wildman–Crippen MR) is 69.6 cm³/mol. The Labute approximate surface area is 111 Å². The van der Waals surface area contributed by atoms with E-state index in [1.54, 1.807) is 0 Å². The predicted octanol–water partition coefficient (Wildman–Crippen LogP) is 2.55. The second kappa shape index (κ2) is 5.01. The molecule has 100 valence electrons. The summed E-state index contributed by atoms with van der Waals surface area (Å²) in [6.07, 6.45) is 2.31. The fraction of sp³-hybridized carbons (Fsp3) is 0.429. The zero-order valence-electron chi connectivity index (χ0n) is 10.9. The van der Waals surface area contributed by atoms with Crippen molar-refractivity contribution in [3.8, 4) is 5.75 Å². The van der Waals surface area contributed by atoms with Gasteiger partial charge in [-0.25, -0.2) is 0 Å². The molecule has 1 aliphatic carbocycles. The summed E-state index contributed by atoms with van der Waals surface area (Å²) in [4.78, 5) is 4.31. The smallest absolute Gasteiger partial charge is 0.229 e. The third-order valence-corrected chi connectivity index (χ3v) is 3.18. The van der Waals surface area contributed by atoms with Crippen LogP contribution < -0.4 is 10.5 Å². The van der Waals surface area contributed by atoms with E-state index in [2.05, 4.69) is 10.1 Å². The van der Waals surface area contributed by atoms with Crippen LogP contribution in [0.1, 0.15) is 49.0 Å². The lowest BCUT2D eigenvalue weighted by atomic mass is 10.1. The van der Waals surface area contributed by atoms with Crippen LogP contribution in [0.5, 0.6) is 5.75 Å². The van der Waals surface area contributed by atoms with Crippen molar-refractivity contribution in [1.82, 2.24) is 10.1 Å². The van der Waals surface area contributed by atoms with Gasteiger partial charge in [0.25, 0.3) is 0 Å². The molecule has 0 saturated heterocycles. The summed E-state index contributed by atoms with van der Waals surface area (Å²) in [6.45, 7) is 2.28. The van der Waals surface area contributed by atoms with Gasteiger partial charge in [-0.3, -0.25) is 0 Å². The van der Waals surface area contributed by atoms with E-state index in [0.717, 1.165) is 30.0 Å². The maximum Gasteiger partial charge on any atom is 0.229 e. The number of hydrogen-bond acceptors (Lipinski definition) is 5. The van der Waals surface area contributed by atoms with Gasteiger partial charge in [0.15, 0.2) is 6.61 Å². The first kappa shape index (κ1) is 12.2. The number of benzene rings is 1. The van der Waals surface area contributed by atoms with E-state index in [4.69, 9.17) is 15.0 Å². The largest absolute Gasteiger partial charge is 0.485 e. The van der Waals surface area contributed by atoms with E-state index in [-0.39, 0.29) is 6.04 Å². The molecule has 3 rings (SSSR count). The van der Waals surface area contributed by atoms with Crippen LogP contribution in [0.4, 0.5) is 0 Å². The van der Waals surface area contributed by atoms with Crippen molar-refractivity contribution >= 4 is 0 Å². The van der Waals surface area contributed by atoms with Gasteiger partial charge in [0.2, 0.25) is 11.7 Å². The highest BCUT2D eigenvalue weighted by Gasteiger charge is 2.29. The number of nitrogens with zero attached hydrogens (tertiary/aromatic N) is 2. The summed E-state index contributed by atoms with van der Waals surface area (Å²) in [5, 5.41) is 3.91. The van der Waals surface area contributed by atoms with E-state index < -0.39 is 0 Å². The zero-order chi connectivity index (χ0) is 13.2. The molecule has 0 bridgehead atoms. The van der Waals surface area contributed by atoms with Crippen molar-refractivity contribution in [3.05, 3.63) is 41.5 Å². The first-order chi connectivity index (χ1) is 9.22. The van der Waals surface area contributed by atoms with Crippen LogP contribution in [0.25, 0.3) is 0 Å². The average molecular weight is 259 g/mol. The highest BCUT2D eigenvalue weighted by molar-refractivity contribution is 5.28. The molecule has 1 atom stereocenters. The van der Waals surface area contributed by atoms with Crippen molar-refractivity contribution in [1.29, 1.82) is 0 Å². The highest BCUT2D eigenvalue weighted by atomic mass is 16.5. The SMILES string of the molecule is CC(N)c1ccc(OCc2noc(C3CC3)n2)cc1. The minimum Gasteiger partial charge on any atom is -0.485 e. The number of nitrogens with two attached hydrogens (primary N) is 1. The summed E-state index contributed by atoms with van der Waals surface area (Å²) in [5.74, 6) is 2.60. The van der Waals surface area contributed by atoms with Crippen LogP contribution in [0.15, 0.2) is 28.8 Å². The second-order valence-electron chi connectivity index (χ2n) is 4.97. The van der Waals surface area contributed by atoms with E-state index in [9.17, 15) is 0 Å². The monoisotopic (exact) mass is 259 g/mol. The Bertz CT molecular complexity index is 544. The summed E-state index contributed by atoms with van der Waals surface area (Å²) >= 11 is 0. The van der Waals surface area contributed by atoms with Gasteiger partial charge in [-0.05, 0) is 37.5 Å². The summed E-state index contributed by atoms with van der Waals surface area (Å²) < 4.78 is 10.8. The summed E-state index contributed by atoms with van der Waals surface area (Å²) in [6, 6.07) is 7.77. The molecule has 1 saturated carbocycles. The van der Waals surface area contributed by atoms with Gasteiger partial charge >= 0.3 is 0 Å². The fourth-order valence-electron chi connectivity index (χ4n) is 1.84. The maximum absolute atomic E-state index is 5.79. The van der Waals surface area contributed by atoms with Crippen LogP contribution in [-0.2, 0) is 6.61 Å². The van der Waals surface area contributed by atoms with Crippen molar-refractivity contribution in [2.45, 2.75) is 38.3 Å². The van der Waals surface area contributed by atoms with Gasteiger partial charge in [0.05, 0.1) is 0 Å². The lowest BCUT2D eigenvalue weighted by Crippen LogP contribution is -2.04. The second-order valence-corrected chi connectivity index (χ2v) is 4.97. The molecule has 0 aliphatic heterocycles. The van der Waals surface area contributed by atoms with Gasteiger partial charge in [-0.15, -0.1) is 0 Å². The average Bonchev–Trinajstić information content (AvgIpc) is 3.16. The number of rotatable bonds is 5. The molecule has 1 heterocycles. The molecule has 5 nitrogen and oxygen atoms in total. The molecule has 2 N–H and O–H groups in total. The molecular formula is C14H17N3O2. The Kier molecular flexibility index (Phi) is 3.21. The van der Waals surface area contributed by atoms with E-state index >= 15 is 0 Å². The molecule has 1 aromatic heterocycles. The van der Waals surface area contributed by atoms with Crippen molar-refractivity contribution in [3.63, 3.8) is 0 Å². The molecule has 0 spiro atoms. The van der Waals surface area contributed by atoms with Gasteiger partial charge in [0.1, 0.15) is 5.75 Å². The molecule has 1 fully saturated rings. The lowest BCUT2D eigenvalue weighted by molar-refractivity contribution is 0.285. The van der Waals surface area contributed by atoms with Crippen LogP contribution in [0.3, 0.4) is 0 Å². The summed E-state index contributed by atoms with van der Waals surface area (Å²) in [7, 11) is 0. The Balaban J connectivity index is 1.58. The van der Waals surface area contributed by atoms with Crippen molar-refractivity contribution in [2.24, 2.45) is 5.73 Å². The zero-order valence-corrected chi connectivity index (χ0v) is 10.9. The van der Waals surface area contributed by atoms with Crippen molar-refractivity contribution < 1.29 is 9.26 Å². The van der Waals surface area contributed by atoms with Gasteiger partial charge < -0.3 is 15.0 Å². The Morgan fingerprint density at radius 2 is 2.11 bits per heavy atom. The third kappa shape index (κ3) is 2.93. The van der Waals surface area contributed by atoms with Crippen LogP contribution in [0, 0.1) is 0 Å². The Morgan fingerprint density at radius 3 is 2.74 bits per heavy atom. The Hall–Kier alpha value is -1.88. The van der Waals surface area contributed by atoms with E-state index in [1.165, 1.54) is 0 Å². The lowest BCUT2D eigenvalue weighted by Gasteiger charge is -2.07. The molecule has 0 amide bonds. The molecule has 1 aromatic carbocycles. The number of hydrogen-bond donors (Lipinski definition) is 1. The minimum absolute atomic E-state index is 0.0346.